The van der Waals surface area contributed by atoms with Crippen LogP contribution in [0.2, 0.25) is 0 Å². The van der Waals surface area contributed by atoms with Crippen molar-refractivity contribution >= 4 is 17.7 Å². The lowest BCUT2D eigenvalue weighted by atomic mass is 9.51. The predicted molar refractivity (Wildman–Crippen MR) is 89.2 cm³/mol. The lowest BCUT2D eigenvalue weighted by molar-refractivity contribution is -0.230. The van der Waals surface area contributed by atoms with Crippen LogP contribution in [0.3, 0.4) is 0 Å². The van der Waals surface area contributed by atoms with Gasteiger partial charge in [0, 0.05) is 18.1 Å². The smallest absolute Gasteiger partial charge is 0.320 e. The number of fused-ring (bicyclic) bond motifs is 1. The highest BCUT2D eigenvalue weighted by Gasteiger charge is 2.73. The van der Waals surface area contributed by atoms with Crippen LogP contribution in [0.4, 0.5) is 0 Å². The molecule has 25 heavy (non-hydrogen) atoms. The fourth-order valence-electron chi connectivity index (χ4n) is 5.11. The standard InChI is InChI=1S/C19H21NO5/c1-10-19(17(22)24-4)13-9-11-7-5-6-8-12(11)14(19)15(16(21)23-3)18(2,20-10)25-13/h5-8,13-15H,9H2,1-4H3/t13?,14?,15?,18-,19+/m1/s1. The summed E-state index contributed by atoms with van der Waals surface area (Å²) >= 11 is 0. The van der Waals surface area contributed by atoms with Crippen LogP contribution >= 0.6 is 0 Å². The molecule has 1 aromatic carbocycles. The first kappa shape index (κ1) is 16.3. The van der Waals surface area contributed by atoms with E-state index in [0.29, 0.717) is 12.1 Å². The number of hydrogen-bond donors (Lipinski definition) is 0. The molecule has 0 N–H and O–H groups in total. The second-order valence-corrected chi connectivity index (χ2v) is 7.10. The highest BCUT2D eigenvalue weighted by atomic mass is 16.6. The van der Waals surface area contributed by atoms with Gasteiger partial charge in [-0.3, -0.25) is 14.6 Å². The van der Waals surface area contributed by atoms with E-state index in [0.717, 1.165) is 11.1 Å². The molecule has 3 heterocycles. The first-order chi connectivity index (χ1) is 11.9. The summed E-state index contributed by atoms with van der Waals surface area (Å²) in [6.07, 6.45) is 0.168. The monoisotopic (exact) mass is 343 g/mol. The van der Waals surface area contributed by atoms with Gasteiger partial charge in [-0.2, -0.15) is 0 Å². The first-order valence-corrected chi connectivity index (χ1v) is 8.39. The summed E-state index contributed by atoms with van der Waals surface area (Å²) in [6, 6.07) is 7.88. The third-order valence-corrected chi connectivity index (χ3v) is 6.05. The molecule has 3 aliphatic heterocycles. The van der Waals surface area contributed by atoms with Gasteiger partial charge in [0.2, 0.25) is 0 Å². The fraction of sp³-hybridized carbons (Fsp3) is 0.526. The second-order valence-electron chi connectivity index (χ2n) is 7.10. The summed E-state index contributed by atoms with van der Waals surface area (Å²) < 4.78 is 16.5. The van der Waals surface area contributed by atoms with Crippen LogP contribution in [0, 0.1) is 11.3 Å². The van der Waals surface area contributed by atoms with Crippen molar-refractivity contribution in [1.29, 1.82) is 0 Å². The van der Waals surface area contributed by atoms with Gasteiger partial charge in [-0.1, -0.05) is 24.3 Å². The molecule has 5 atom stereocenters. The van der Waals surface area contributed by atoms with Crippen molar-refractivity contribution in [3.63, 3.8) is 0 Å². The van der Waals surface area contributed by atoms with Crippen molar-refractivity contribution in [3.05, 3.63) is 35.4 Å². The number of carbonyl (C=O) groups excluding carboxylic acids is 2. The average molecular weight is 343 g/mol. The van der Waals surface area contributed by atoms with Crippen LogP contribution in [0.5, 0.6) is 0 Å². The maximum absolute atomic E-state index is 13.0. The number of benzene rings is 1. The maximum Gasteiger partial charge on any atom is 0.320 e. The summed E-state index contributed by atoms with van der Waals surface area (Å²) in [5.74, 6) is -1.96. The normalized spacial score (nSPS) is 37.8. The van der Waals surface area contributed by atoms with E-state index >= 15 is 0 Å². The van der Waals surface area contributed by atoms with Crippen LogP contribution in [-0.2, 0) is 30.2 Å². The van der Waals surface area contributed by atoms with E-state index in [9.17, 15) is 9.59 Å². The van der Waals surface area contributed by atoms with Gasteiger partial charge in [-0.15, -0.1) is 0 Å². The van der Waals surface area contributed by atoms with Gasteiger partial charge in [-0.25, -0.2) is 0 Å². The molecule has 1 aromatic rings. The molecule has 6 nitrogen and oxygen atoms in total. The molecule has 0 saturated carbocycles. The van der Waals surface area contributed by atoms with Crippen LogP contribution in [-0.4, -0.2) is 43.7 Å². The van der Waals surface area contributed by atoms with Crippen LogP contribution in [0.1, 0.15) is 30.9 Å². The van der Waals surface area contributed by atoms with E-state index in [1.807, 2.05) is 31.2 Å². The van der Waals surface area contributed by atoms with E-state index < -0.39 is 41.0 Å². The van der Waals surface area contributed by atoms with Crippen molar-refractivity contribution in [1.82, 2.24) is 0 Å². The Labute approximate surface area is 146 Å². The molecule has 0 radical (unpaired) electrons. The third-order valence-electron chi connectivity index (χ3n) is 6.05. The van der Waals surface area contributed by atoms with Crippen molar-refractivity contribution in [2.45, 2.75) is 38.0 Å². The molecule has 0 amide bonds. The molecule has 3 unspecified atom stereocenters. The zero-order valence-electron chi connectivity index (χ0n) is 14.7. The first-order valence-electron chi connectivity index (χ1n) is 8.39. The lowest BCUT2D eigenvalue weighted by Gasteiger charge is -2.61. The van der Waals surface area contributed by atoms with Crippen LogP contribution in [0.15, 0.2) is 29.3 Å². The minimum atomic E-state index is -1.10. The Kier molecular flexibility index (Phi) is 3.35. The summed E-state index contributed by atoms with van der Waals surface area (Å²) in [6.45, 7) is 3.63. The van der Waals surface area contributed by atoms with Gasteiger partial charge in [0.15, 0.2) is 5.72 Å². The summed E-state index contributed by atoms with van der Waals surface area (Å²) in [7, 11) is 2.71. The molecule has 1 aliphatic carbocycles. The molecule has 0 aromatic heterocycles. The average Bonchev–Trinajstić information content (AvgIpc) is 2.59. The van der Waals surface area contributed by atoms with Gasteiger partial charge in [0.05, 0.1) is 20.3 Å². The molecule has 4 bridgehead atoms. The van der Waals surface area contributed by atoms with Crippen molar-refractivity contribution in [3.8, 4) is 0 Å². The third kappa shape index (κ3) is 1.80. The van der Waals surface area contributed by atoms with E-state index in [1.54, 1.807) is 6.92 Å². The Bertz CT molecular complexity index is 803. The van der Waals surface area contributed by atoms with Gasteiger partial charge < -0.3 is 14.2 Å². The molecular formula is C19H21NO5. The molecule has 0 spiro atoms. The van der Waals surface area contributed by atoms with E-state index in [1.165, 1.54) is 14.2 Å². The minimum Gasteiger partial charge on any atom is -0.469 e. The predicted octanol–water partition coefficient (Wildman–Crippen LogP) is 1.86. The number of ether oxygens (including phenoxy) is 3. The van der Waals surface area contributed by atoms with Gasteiger partial charge in [0.25, 0.3) is 0 Å². The second kappa shape index (κ2) is 5.14. The summed E-state index contributed by atoms with van der Waals surface area (Å²) in [5.41, 5.74) is 0.582. The quantitative estimate of drug-likeness (QED) is 0.767. The topological polar surface area (TPSA) is 74.2 Å². The van der Waals surface area contributed by atoms with Gasteiger partial charge in [0.1, 0.15) is 11.3 Å². The number of esters is 2. The molecule has 1 saturated heterocycles. The van der Waals surface area contributed by atoms with Crippen LogP contribution in [0.25, 0.3) is 0 Å². The molecular weight excluding hydrogens is 322 g/mol. The molecule has 5 rings (SSSR count). The van der Waals surface area contributed by atoms with E-state index in [2.05, 4.69) is 4.99 Å². The summed E-state index contributed by atoms with van der Waals surface area (Å²) in [5, 5.41) is 0. The highest BCUT2D eigenvalue weighted by Crippen LogP contribution is 2.63. The lowest BCUT2D eigenvalue weighted by Crippen LogP contribution is -2.72. The molecule has 6 heteroatoms. The SMILES string of the molecule is COC(=O)C1C2c3ccccc3CC3O[C@@]1(C)N=C(C)[C@]32C(=O)OC. The number of carbonyl (C=O) groups is 2. The number of methoxy groups -OCH3 is 2. The molecule has 132 valence electrons. The number of nitrogens with zero attached hydrogens (tertiary/aromatic N) is 1. The Morgan fingerprint density at radius 3 is 2.64 bits per heavy atom. The Hall–Kier alpha value is -2.21. The Morgan fingerprint density at radius 2 is 1.96 bits per heavy atom. The van der Waals surface area contributed by atoms with Crippen molar-refractivity contribution in [2.24, 2.45) is 16.3 Å². The fourth-order valence-corrected chi connectivity index (χ4v) is 5.11. The maximum atomic E-state index is 13.0. The minimum absolute atomic E-state index is 0.408. The van der Waals surface area contributed by atoms with Crippen molar-refractivity contribution < 1.29 is 23.8 Å². The summed E-state index contributed by atoms with van der Waals surface area (Å²) in [4.78, 5) is 30.3. The van der Waals surface area contributed by atoms with Crippen molar-refractivity contribution in [2.75, 3.05) is 14.2 Å². The highest BCUT2D eigenvalue weighted by molar-refractivity contribution is 6.10. The van der Waals surface area contributed by atoms with Gasteiger partial charge in [-0.05, 0) is 25.0 Å². The Balaban J connectivity index is 2.05. The van der Waals surface area contributed by atoms with Gasteiger partial charge >= 0.3 is 11.9 Å². The van der Waals surface area contributed by atoms with Crippen LogP contribution < -0.4 is 0 Å². The Morgan fingerprint density at radius 1 is 1.24 bits per heavy atom. The molecule has 1 fully saturated rings. The van der Waals surface area contributed by atoms with E-state index in [4.69, 9.17) is 14.2 Å². The number of rotatable bonds is 2. The largest absolute Gasteiger partial charge is 0.469 e. The number of aliphatic imine (C=N–C) groups is 1. The van der Waals surface area contributed by atoms with E-state index in [-0.39, 0.29) is 0 Å². The number of hydrogen-bond acceptors (Lipinski definition) is 6. The zero-order chi connectivity index (χ0) is 18.0. The molecule has 4 aliphatic rings. The zero-order valence-corrected chi connectivity index (χ0v) is 14.7.